The molecule has 0 N–H and O–H groups in total. The van der Waals surface area contributed by atoms with E-state index in [4.69, 9.17) is 0 Å². The lowest BCUT2D eigenvalue weighted by molar-refractivity contribution is -0.109. The average Bonchev–Trinajstić information content (AvgIpc) is 2.24. The van der Waals surface area contributed by atoms with Crippen molar-refractivity contribution in [3.8, 4) is 0 Å². The van der Waals surface area contributed by atoms with Crippen LogP contribution < -0.4 is 0 Å². The molecule has 2 fully saturated rings. The molecule has 0 saturated heterocycles. The highest BCUT2D eigenvalue weighted by Crippen LogP contribution is 2.49. The highest BCUT2D eigenvalue weighted by Gasteiger charge is 2.35. The monoisotopic (exact) mass is 194 g/mol. The van der Waals surface area contributed by atoms with E-state index >= 15 is 0 Å². The fraction of sp³-hybridized carbons (Fsp3) is 0.923. The third-order valence-corrected chi connectivity index (χ3v) is 4.51. The smallest absolute Gasteiger partial charge is 0.120 e. The molecule has 0 aromatic carbocycles. The van der Waals surface area contributed by atoms with E-state index in [0.29, 0.717) is 0 Å². The van der Waals surface area contributed by atoms with Gasteiger partial charge in [-0.25, -0.2) is 0 Å². The molecule has 0 aromatic heterocycles. The van der Waals surface area contributed by atoms with E-state index in [1.165, 1.54) is 57.8 Å². The molecule has 0 aliphatic heterocycles. The molecule has 0 heterocycles. The summed E-state index contributed by atoms with van der Waals surface area (Å²) in [6, 6.07) is 0. The van der Waals surface area contributed by atoms with Crippen LogP contribution in [0.5, 0.6) is 0 Å². The largest absolute Gasteiger partial charge is 0.303 e. The van der Waals surface area contributed by atoms with Crippen molar-refractivity contribution in [3.05, 3.63) is 0 Å². The molecule has 0 atom stereocenters. The number of carbonyl (C=O) groups is 1. The van der Waals surface area contributed by atoms with Gasteiger partial charge in [-0.3, -0.25) is 0 Å². The van der Waals surface area contributed by atoms with E-state index in [-0.39, 0.29) is 0 Å². The summed E-state index contributed by atoms with van der Waals surface area (Å²) in [6.45, 7) is 0. The first-order valence-electron chi connectivity index (χ1n) is 6.28. The summed E-state index contributed by atoms with van der Waals surface area (Å²) in [5.74, 6) is 0.722. The third-order valence-electron chi connectivity index (χ3n) is 4.51. The van der Waals surface area contributed by atoms with Gasteiger partial charge >= 0.3 is 0 Å². The number of rotatable bonds is 2. The van der Waals surface area contributed by atoms with Crippen LogP contribution in [0, 0.1) is 11.3 Å². The molecule has 0 amide bonds. The zero-order valence-corrected chi connectivity index (χ0v) is 9.13. The summed E-state index contributed by atoms with van der Waals surface area (Å²) in [4.78, 5) is 10.4. The van der Waals surface area contributed by atoms with Gasteiger partial charge in [0.15, 0.2) is 0 Å². The lowest BCUT2D eigenvalue weighted by Crippen LogP contribution is -2.29. The van der Waals surface area contributed by atoms with Crippen molar-refractivity contribution in [2.24, 2.45) is 11.3 Å². The Bertz CT molecular complexity index is 181. The highest BCUT2D eigenvalue weighted by molar-refractivity contribution is 5.49. The molecular formula is C13H22O. The van der Waals surface area contributed by atoms with Crippen LogP contribution in [0.4, 0.5) is 0 Å². The van der Waals surface area contributed by atoms with E-state index in [0.717, 1.165) is 24.0 Å². The Morgan fingerprint density at radius 3 is 2.21 bits per heavy atom. The average molecular weight is 194 g/mol. The maximum absolute atomic E-state index is 10.4. The zero-order valence-electron chi connectivity index (χ0n) is 9.13. The van der Waals surface area contributed by atoms with Gasteiger partial charge in [-0.15, -0.1) is 0 Å². The van der Waals surface area contributed by atoms with Crippen LogP contribution in [0.25, 0.3) is 0 Å². The molecule has 14 heavy (non-hydrogen) atoms. The molecule has 1 heteroatoms. The van der Waals surface area contributed by atoms with E-state index < -0.39 is 0 Å². The van der Waals surface area contributed by atoms with Crippen LogP contribution in [-0.4, -0.2) is 6.29 Å². The Balaban J connectivity index is 1.84. The van der Waals surface area contributed by atoms with Crippen LogP contribution in [0.3, 0.4) is 0 Å². The van der Waals surface area contributed by atoms with Gasteiger partial charge in [-0.05, 0) is 49.9 Å². The van der Waals surface area contributed by atoms with E-state index in [1.54, 1.807) is 0 Å². The lowest BCUT2D eigenvalue weighted by Gasteiger charge is -2.42. The lowest BCUT2D eigenvalue weighted by atomic mass is 9.63. The van der Waals surface area contributed by atoms with E-state index in [9.17, 15) is 4.79 Å². The van der Waals surface area contributed by atoms with Gasteiger partial charge < -0.3 is 4.79 Å². The van der Waals surface area contributed by atoms with Crippen molar-refractivity contribution in [3.63, 3.8) is 0 Å². The molecule has 0 bridgehead atoms. The molecule has 0 radical (unpaired) electrons. The first-order valence-corrected chi connectivity index (χ1v) is 6.28. The topological polar surface area (TPSA) is 17.1 Å². The van der Waals surface area contributed by atoms with Crippen molar-refractivity contribution in [2.75, 3.05) is 0 Å². The summed E-state index contributed by atoms with van der Waals surface area (Å²) >= 11 is 0. The van der Waals surface area contributed by atoms with Gasteiger partial charge in [0.05, 0.1) is 0 Å². The SMILES string of the molecule is O=CCC1CCC2(CCCCC2)CC1. The van der Waals surface area contributed by atoms with Crippen molar-refractivity contribution in [1.82, 2.24) is 0 Å². The summed E-state index contributed by atoms with van der Waals surface area (Å²) in [5.41, 5.74) is 0.720. The molecule has 2 saturated carbocycles. The molecule has 2 rings (SSSR count). The Kier molecular flexibility index (Phi) is 3.25. The minimum atomic E-state index is 0.720. The number of carbonyl (C=O) groups excluding carboxylic acids is 1. The Hall–Kier alpha value is -0.330. The Labute approximate surface area is 87.3 Å². The van der Waals surface area contributed by atoms with Crippen molar-refractivity contribution in [1.29, 1.82) is 0 Å². The normalized spacial score (nSPS) is 27.7. The minimum absolute atomic E-state index is 0.720. The first-order chi connectivity index (χ1) is 6.85. The second kappa shape index (κ2) is 4.46. The molecule has 0 aromatic rings. The van der Waals surface area contributed by atoms with Gasteiger partial charge in [0.2, 0.25) is 0 Å². The standard InChI is InChI=1S/C13H22O/c14-11-6-12-4-9-13(10-5-12)7-2-1-3-8-13/h11-12H,1-10H2. The van der Waals surface area contributed by atoms with Crippen LogP contribution >= 0.6 is 0 Å². The second-order valence-electron chi connectivity index (χ2n) is 5.41. The van der Waals surface area contributed by atoms with Crippen LogP contribution in [0.1, 0.15) is 64.2 Å². The van der Waals surface area contributed by atoms with Crippen molar-refractivity contribution < 1.29 is 4.79 Å². The number of aldehydes is 1. The first kappa shape index (κ1) is 10.2. The highest BCUT2D eigenvalue weighted by atomic mass is 16.1. The van der Waals surface area contributed by atoms with Crippen LogP contribution in [0.15, 0.2) is 0 Å². The van der Waals surface area contributed by atoms with Gasteiger partial charge in [0.25, 0.3) is 0 Å². The third kappa shape index (κ3) is 2.18. The van der Waals surface area contributed by atoms with E-state index in [1.807, 2.05) is 0 Å². The molecular weight excluding hydrogens is 172 g/mol. The zero-order chi connectivity index (χ0) is 9.86. The Morgan fingerprint density at radius 2 is 1.64 bits per heavy atom. The molecule has 2 aliphatic carbocycles. The fourth-order valence-corrected chi connectivity index (χ4v) is 3.46. The molecule has 1 nitrogen and oxygen atoms in total. The van der Waals surface area contributed by atoms with Gasteiger partial charge in [-0.1, -0.05) is 19.3 Å². The van der Waals surface area contributed by atoms with Crippen molar-refractivity contribution in [2.45, 2.75) is 64.2 Å². The summed E-state index contributed by atoms with van der Waals surface area (Å²) in [7, 11) is 0. The Morgan fingerprint density at radius 1 is 1.00 bits per heavy atom. The fourth-order valence-electron chi connectivity index (χ4n) is 3.46. The summed E-state index contributed by atoms with van der Waals surface area (Å²) < 4.78 is 0. The van der Waals surface area contributed by atoms with Crippen LogP contribution in [0.2, 0.25) is 0 Å². The molecule has 2 aliphatic rings. The predicted molar refractivity (Wildman–Crippen MR) is 58.2 cm³/mol. The van der Waals surface area contributed by atoms with Crippen LogP contribution in [-0.2, 0) is 4.79 Å². The van der Waals surface area contributed by atoms with Crippen molar-refractivity contribution >= 4 is 6.29 Å². The second-order valence-corrected chi connectivity index (χ2v) is 5.41. The summed E-state index contributed by atoms with van der Waals surface area (Å²) in [6.07, 6.45) is 14.7. The molecule has 80 valence electrons. The number of hydrogen-bond donors (Lipinski definition) is 0. The molecule has 1 spiro atoms. The molecule has 0 unspecified atom stereocenters. The van der Waals surface area contributed by atoms with Gasteiger partial charge in [0.1, 0.15) is 6.29 Å². The maximum Gasteiger partial charge on any atom is 0.120 e. The van der Waals surface area contributed by atoms with Gasteiger partial charge in [0, 0.05) is 6.42 Å². The van der Waals surface area contributed by atoms with E-state index in [2.05, 4.69) is 0 Å². The quantitative estimate of drug-likeness (QED) is 0.612. The predicted octanol–water partition coefficient (Wildman–Crippen LogP) is 3.72. The number of hydrogen-bond acceptors (Lipinski definition) is 1. The summed E-state index contributed by atoms with van der Waals surface area (Å²) in [5, 5.41) is 0. The van der Waals surface area contributed by atoms with Gasteiger partial charge in [-0.2, -0.15) is 0 Å². The minimum Gasteiger partial charge on any atom is -0.303 e. The maximum atomic E-state index is 10.4.